The SMILES string of the molecule is C[C@]12C=CC(=O)C=C1CC[C@@H]1[C@@H]2[C@@H](O)C[C@@]2(C)[C@H]1C[C@H]1OCO[C@]12C(=O)COP(=O)(O)O. The zero-order valence-electron chi connectivity index (χ0n) is 18.1. The van der Waals surface area contributed by atoms with Crippen LogP contribution in [0.4, 0.5) is 0 Å². The van der Waals surface area contributed by atoms with Crippen molar-refractivity contribution in [2.75, 3.05) is 13.4 Å². The number of aliphatic hydroxyl groups excluding tert-OH is 1. The number of hydrogen-bond donors (Lipinski definition) is 3. The molecule has 4 fully saturated rings. The molecule has 1 aliphatic heterocycles. The summed E-state index contributed by atoms with van der Waals surface area (Å²) >= 11 is 0. The van der Waals surface area contributed by atoms with E-state index in [0.29, 0.717) is 6.42 Å². The lowest BCUT2D eigenvalue weighted by atomic mass is 9.46. The Labute approximate surface area is 186 Å². The summed E-state index contributed by atoms with van der Waals surface area (Å²) in [7, 11) is -4.83. The molecule has 1 heterocycles. The molecule has 0 radical (unpaired) electrons. The number of aliphatic hydroxyl groups is 1. The maximum Gasteiger partial charge on any atom is 0.470 e. The van der Waals surface area contributed by atoms with Crippen LogP contribution in [-0.2, 0) is 28.2 Å². The van der Waals surface area contributed by atoms with E-state index in [9.17, 15) is 19.3 Å². The minimum atomic E-state index is -4.83. The molecule has 8 atom stereocenters. The quantitative estimate of drug-likeness (QED) is 0.526. The average molecular weight is 468 g/mol. The van der Waals surface area contributed by atoms with E-state index in [1.54, 1.807) is 12.2 Å². The minimum Gasteiger partial charge on any atom is -0.393 e. The number of phosphoric acid groups is 1. The van der Waals surface area contributed by atoms with Crippen molar-refractivity contribution < 1.29 is 43.0 Å². The number of phosphoric ester groups is 1. The number of ether oxygens (including phenoxy) is 2. The summed E-state index contributed by atoms with van der Waals surface area (Å²) in [6.45, 7) is 3.12. The highest BCUT2D eigenvalue weighted by Gasteiger charge is 2.74. The Balaban J connectivity index is 1.52. The molecule has 0 aromatic heterocycles. The Morgan fingerprint density at radius 1 is 1.34 bits per heavy atom. The van der Waals surface area contributed by atoms with E-state index in [0.717, 1.165) is 18.4 Å². The molecule has 5 rings (SSSR count). The van der Waals surface area contributed by atoms with E-state index >= 15 is 0 Å². The topological polar surface area (TPSA) is 140 Å². The van der Waals surface area contributed by atoms with Gasteiger partial charge in [-0.1, -0.05) is 25.5 Å². The first-order valence-electron chi connectivity index (χ1n) is 11.0. The molecule has 10 heteroatoms. The number of carbonyl (C=O) groups excluding carboxylic acids is 2. The van der Waals surface area contributed by atoms with E-state index in [1.807, 2.05) is 13.0 Å². The Hall–Kier alpha value is -1.19. The van der Waals surface area contributed by atoms with Crippen molar-refractivity contribution in [3.63, 3.8) is 0 Å². The van der Waals surface area contributed by atoms with Crippen LogP contribution in [0.15, 0.2) is 23.8 Å². The Morgan fingerprint density at radius 2 is 2.09 bits per heavy atom. The predicted molar refractivity (Wildman–Crippen MR) is 110 cm³/mol. The largest absolute Gasteiger partial charge is 0.470 e. The first kappa shape index (κ1) is 22.6. The fourth-order valence-electron chi connectivity index (χ4n) is 7.78. The number of Topliss-reactive ketones (excluding diaryl/α,β-unsaturated/α-hetero) is 1. The second-order valence-corrected chi connectivity index (χ2v) is 11.5. The van der Waals surface area contributed by atoms with Crippen LogP contribution in [0.1, 0.15) is 39.5 Å². The second kappa shape index (κ2) is 7.15. The van der Waals surface area contributed by atoms with Gasteiger partial charge in [0.2, 0.25) is 0 Å². The molecule has 3 N–H and O–H groups in total. The zero-order chi connectivity index (χ0) is 23.1. The monoisotopic (exact) mass is 468 g/mol. The van der Waals surface area contributed by atoms with Gasteiger partial charge in [0, 0.05) is 16.7 Å². The lowest BCUT2D eigenvalue weighted by Gasteiger charge is -2.59. The molecule has 3 saturated carbocycles. The fraction of sp³-hybridized carbons (Fsp3) is 0.727. The van der Waals surface area contributed by atoms with Crippen LogP contribution < -0.4 is 0 Å². The molecule has 0 spiro atoms. The van der Waals surface area contributed by atoms with Crippen LogP contribution in [0.2, 0.25) is 0 Å². The van der Waals surface area contributed by atoms with Gasteiger partial charge < -0.3 is 24.4 Å². The summed E-state index contributed by atoms with van der Waals surface area (Å²) < 4.78 is 27.5. The standard InChI is InChI=1S/C22H29O9P/c1-20-6-5-13(23)7-12(20)3-4-14-15-8-18-22(30-11-29-18,17(25)10-31-32(26,27)28)21(15,2)9-16(24)19(14)20/h5-7,14-16,18-19,24H,3-4,8-11H2,1-2H3,(H2,26,27,28)/t14-,15-,16-,18+,19+,20-,21-,22+/m0/s1. The first-order chi connectivity index (χ1) is 14.9. The second-order valence-electron chi connectivity index (χ2n) is 10.3. The van der Waals surface area contributed by atoms with Gasteiger partial charge in [-0.15, -0.1) is 0 Å². The molecule has 0 aromatic carbocycles. The maximum atomic E-state index is 13.3. The van der Waals surface area contributed by atoms with Crippen LogP contribution >= 0.6 is 7.82 Å². The Bertz CT molecular complexity index is 968. The van der Waals surface area contributed by atoms with E-state index in [-0.39, 0.29) is 36.8 Å². The third-order valence-corrected chi connectivity index (χ3v) is 9.46. The van der Waals surface area contributed by atoms with Crippen LogP contribution in [-0.4, -0.2) is 57.7 Å². The van der Waals surface area contributed by atoms with Crippen molar-refractivity contribution in [1.29, 1.82) is 0 Å². The van der Waals surface area contributed by atoms with Gasteiger partial charge in [-0.05, 0) is 49.7 Å². The summed E-state index contributed by atoms with van der Waals surface area (Å²) in [5, 5.41) is 11.5. The molecule has 1 saturated heterocycles. The zero-order valence-corrected chi connectivity index (χ0v) is 19.0. The van der Waals surface area contributed by atoms with Crippen LogP contribution in [0.3, 0.4) is 0 Å². The van der Waals surface area contributed by atoms with Gasteiger partial charge in [-0.25, -0.2) is 4.57 Å². The number of rotatable bonds is 4. The molecule has 5 aliphatic rings. The molecule has 4 aliphatic carbocycles. The molecular weight excluding hydrogens is 439 g/mol. The first-order valence-corrected chi connectivity index (χ1v) is 12.6. The van der Waals surface area contributed by atoms with Crippen LogP contribution in [0, 0.1) is 28.6 Å². The van der Waals surface area contributed by atoms with Gasteiger partial charge in [0.15, 0.2) is 17.2 Å². The number of hydrogen-bond acceptors (Lipinski definition) is 7. The summed E-state index contributed by atoms with van der Waals surface area (Å²) in [5.74, 6) is -0.622. The van der Waals surface area contributed by atoms with Crippen molar-refractivity contribution in [2.24, 2.45) is 28.6 Å². The predicted octanol–water partition coefficient (Wildman–Crippen LogP) is 1.67. The molecule has 0 bridgehead atoms. The fourth-order valence-corrected chi connectivity index (χ4v) is 8.07. The van der Waals surface area contributed by atoms with Crippen molar-refractivity contribution >= 4 is 19.4 Å². The van der Waals surface area contributed by atoms with Crippen molar-refractivity contribution in [3.05, 3.63) is 23.8 Å². The smallest absolute Gasteiger partial charge is 0.393 e. The van der Waals surface area contributed by atoms with E-state index < -0.39 is 48.9 Å². The number of carbonyl (C=O) groups is 2. The average Bonchev–Trinajstić information content (AvgIpc) is 3.23. The Morgan fingerprint density at radius 3 is 2.81 bits per heavy atom. The van der Waals surface area contributed by atoms with Crippen LogP contribution in [0.5, 0.6) is 0 Å². The van der Waals surface area contributed by atoms with Crippen molar-refractivity contribution in [3.8, 4) is 0 Å². The molecule has 0 aromatic rings. The highest BCUT2D eigenvalue weighted by atomic mass is 31.2. The summed E-state index contributed by atoms with van der Waals surface area (Å²) in [4.78, 5) is 43.5. The number of ketones is 2. The lowest BCUT2D eigenvalue weighted by Crippen LogP contribution is -2.63. The normalized spacial score (nSPS) is 47.3. The van der Waals surface area contributed by atoms with E-state index in [4.69, 9.17) is 19.3 Å². The molecular formula is C22H29O9P. The van der Waals surface area contributed by atoms with Crippen molar-refractivity contribution in [2.45, 2.75) is 57.3 Å². The lowest BCUT2D eigenvalue weighted by molar-refractivity contribution is -0.185. The summed E-state index contributed by atoms with van der Waals surface area (Å²) in [5.41, 5.74) is -1.60. The third-order valence-electron chi connectivity index (χ3n) is 8.99. The number of allylic oxidation sites excluding steroid dienone is 4. The van der Waals surface area contributed by atoms with E-state index in [1.165, 1.54) is 0 Å². The van der Waals surface area contributed by atoms with Gasteiger partial charge >= 0.3 is 7.82 Å². The highest BCUT2D eigenvalue weighted by Crippen LogP contribution is 2.69. The molecule has 0 amide bonds. The highest BCUT2D eigenvalue weighted by molar-refractivity contribution is 7.46. The molecule has 9 nitrogen and oxygen atoms in total. The molecule has 0 unspecified atom stereocenters. The minimum absolute atomic E-state index is 0.00427. The van der Waals surface area contributed by atoms with Gasteiger partial charge in [-0.2, -0.15) is 0 Å². The number of fused-ring (bicyclic) bond motifs is 7. The van der Waals surface area contributed by atoms with E-state index in [2.05, 4.69) is 11.4 Å². The third kappa shape index (κ3) is 2.96. The van der Waals surface area contributed by atoms with Gasteiger partial charge in [0.05, 0.1) is 12.2 Å². The van der Waals surface area contributed by atoms with Crippen LogP contribution in [0.25, 0.3) is 0 Å². The van der Waals surface area contributed by atoms with Crippen molar-refractivity contribution in [1.82, 2.24) is 0 Å². The molecule has 176 valence electrons. The summed E-state index contributed by atoms with van der Waals surface area (Å²) in [6.07, 6.45) is 6.23. The van der Waals surface area contributed by atoms with Gasteiger partial charge in [0.25, 0.3) is 0 Å². The summed E-state index contributed by atoms with van der Waals surface area (Å²) in [6, 6.07) is 0. The van der Waals surface area contributed by atoms with Gasteiger partial charge in [0.1, 0.15) is 13.4 Å². The molecule has 32 heavy (non-hydrogen) atoms. The van der Waals surface area contributed by atoms with Gasteiger partial charge in [-0.3, -0.25) is 14.1 Å². The maximum absolute atomic E-state index is 13.3. The Kier molecular flexibility index (Phi) is 5.05.